The Hall–Kier alpha value is -2.04. The summed E-state index contributed by atoms with van der Waals surface area (Å²) in [7, 11) is 1.58. The van der Waals surface area contributed by atoms with Crippen molar-refractivity contribution in [1.82, 2.24) is 5.32 Å². The van der Waals surface area contributed by atoms with Crippen molar-refractivity contribution in [2.45, 2.75) is 38.6 Å². The van der Waals surface area contributed by atoms with E-state index in [0.29, 0.717) is 30.2 Å². The first kappa shape index (κ1) is 14.4. The van der Waals surface area contributed by atoms with Gasteiger partial charge >= 0.3 is 0 Å². The van der Waals surface area contributed by atoms with Gasteiger partial charge in [-0.15, -0.1) is 0 Å². The van der Waals surface area contributed by atoms with E-state index in [4.69, 9.17) is 4.74 Å². The Labute approximate surface area is 118 Å². The summed E-state index contributed by atoms with van der Waals surface area (Å²) in [5.41, 5.74) is 1.78. The van der Waals surface area contributed by atoms with Gasteiger partial charge in [-0.1, -0.05) is 19.9 Å². The van der Waals surface area contributed by atoms with Crippen molar-refractivity contribution in [2.75, 3.05) is 12.4 Å². The lowest BCUT2D eigenvalue weighted by Crippen LogP contribution is -2.37. The number of benzene rings is 1. The van der Waals surface area contributed by atoms with Crippen LogP contribution < -0.4 is 15.4 Å². The molecular formula is C15H20N2O3. The van der Waals surface area contributed by atoms with Gasteiger partial charge in [-0.25, -0.2) is 0 Å². The molecule has 1 heterocycles. The summed E-state index contributed by atoms with van der Waals surface area (Å²) in [6.07, 6.45) is 0.943. The number of rotatable bonds is 4. The van der Waals surface area contributed by atoms with E-state index in [1.54, 1.807) is 7.11 Å². The SMILES string of the molecule is COc1cc(C(C)C)ccc1NC(=O)C1CCC(=O)N1. The standard InChI is InChI=1S/C15H20N2O3/c1-9(2)10-4-5-11(13(8-10)20-3)17-15(19)12-6-7-14(18)16-12/h4-5,8-9,12H,6-7H2,1-3H3,(H,16,18)(H,17,19). The molecule has 0 bridgehead atoms. The zero-order valence-corrected chi connectivity index (χ0v) is 12.0. The van der Waals surface area contributed by atoms with Crippen LogP contribution in [0.25, 0.3) is 0 Å². The monoisotopic (exact) mass is 276 g/mol. The summed E-state index contributed by atoms with van der Waals surface area (Å²) in [6, 6.07) is 5.28. The molecule has 0 spiro atoms. The molecule has 1 aromatic rings. The van der Waals surface area contributed by atoms with Crippen molar-refractivity contribution in [3.63, 3.8) is 0 Å². The largest absolute Gasteiger partial charge is 0.495 e. The lowest BCUT2D eigenvalue weighted by molar-refractivity contribution is -0.122. The second-order valence-corrected chi connectivity index (χ2v) is 5.26. The van der Waals surface area contributed by atoms with Gasteiger partial charge in [-0.2, -0.15) is 0 Å². The number of anilines is 1. The molecule has 5 heteroatoms. The molecular weight excluding hydrogens is 256 g/mol. The van der Waals surface area contributed by atoms with Gasteiger partial charge in [-0.05, 0) is 30.0 Å². The molecule has 1 atom stereocenters. The molecule has 0 radical (unpaired) electrons. The van der Waals surface area contributed by atoms with E-state index in [-0.39, 0.29) is 11.8 Å². The molecule has 2 amide bonds. The number of hydrogen-bond donors (Lipinski definition) is 2. The molecule has 5 nitrogen and oxygen atoms in total. The third-order valence-corrected chi connectivity index (χ3v) is 3.46. The van der Waals surface area contributed by atoms with Crippen LogP contribution in [0.1, 0.15) is 38.2 Å². The Kier molecular flexibility index (Phi) is 4.27. The fourth-order valence-corrected chi connectivity index (χ4v) is 2.20. The van der Waals surface area contributed by atoms with Crippen LogP contribution in [0.2, 0.25) is 0 Å². The summed E-state index contributed by atoms with van der Waals surface area (Å²) in [4.78, 5) is 23.2. The number of amides is 2. The summed E-state index contributed by atoms with van der Waals surface area (Å²) < 4.78 is 5.32. The van der Waals surface area contributed by atoms with E-state index >= 15 is 0 Å². The van der Waals surface area contributed by atoms with E-state index in [0.717, 1.165) is 5.56 Å². The third kappa shape index (κ3) is 3.10. The first-order valence-corrected chi connectivity index (χ1v) is 6.79. The van der Waals surface area contributed by atoms with E-state index in [2.05, 4.69) is 24.5 Å². The zero-order valence-electron chi connectivity index (χ0n) is 12.0. The second-order valence-electron chi connectivity index (χ2n) is 5.26. The summed E-state index contributed by atoms with van der Waals surface area (Å²) in [5, 5.41) is 5.46. The topological polar surface area (TPSA) is 67.4 Å². The number of nitrogens with one attached hydrogen (secondary N) is 2. The highest BCUT2D eigenvalue weighted by Gasteiger charge is 2.27. The van der Waals surface area contributed by atoms with Crippen molar-refractivity contribution in [3.8, 4) is 5.75 Å². The second kappa shape index (κ2) is 5.94. The molecule has 2 rings (SSSR count). The fourth-order valence-electron chi connectivity index (χ4n) is 2.20. The van der Waals surface area contributed by atoms with Gasteiger partial charge in [0, 0.05) is 6.42 Å². The molecule has 2 N–H and O–H groups in total. The minimum atomic E-state index is -0.447. The highest BCUT2D eigenvalue weighted by atomic mass is 16.5. The average Bonchev–Trinajstić information content (AvgIpc) is 2.85. The predicted molar refractivity (Wildman–Crippen MR) is 76.9 cm³/mol. The van der Waals surface area contributed by atoms with Crippen molar-refractivity contribution in [2.24, 2.45) is 0 Å². The normalized spacial score (nSPS) is 18.0. The highest BCUT2D eigenvalue weighted by Crippen LogP contribution is 2.29. The maximum absolute atomic E-state index is 12.1. The molecule has 0 aromatic heterocycles. The van der Waals surface area contributed by atoms with Gasteiger partial charge in [0.25, 0.3) is 0 Å². The van der Waals surface area contributed by atoms with Crippen LogP contribution in [0.3, 0.4) is 0 Å². The summed E-state index contributed by atoms with van der Waals surface area (Å²) in [6.45, 7) is 4.20. The number of carbonyl (C=O) groups is 2. The fraction of sp³-hybridized carbons (Fsp3) is 0.467. The first-order chi connectivity index (χ1) is 9.51. The van der Waals surface area contributed by atoms with Crippen LogP contribution in [0, 0.1) is 0 Å². The van der Waals surface area contributed by atoms with Crippen LogP contribution in [-0.2, 0) is 9.59 Å². The number of hydrogen-bond acceptors (Lipinski definition) is 3. The molecule has 1 aliphatic heterocycles. The van der Waals surface area contributed by atoms with E-state index in [1.807, 2.05) is 18.2 Å². The third-order valence-electron chi connectivity index (χ3n) is 3.46. The smallest absolute Gasteiger partial charge is 0.247 e. The van der Waals surface area contributed by atoms with E-state index < -0.39 is 6.04 Å². The van der Waals surface area contributed by atoms with Gasteiger partial charge in [0.05, 0.1) is 12.8 Å². The zero-order chi connectivity index (χ0) is 14.7. The molecule has 108 valence electrons. The average molecular weight is 276 g/mol. The quantitative estimate of drug-likeness (QED) is 0.884. The maximum atomic E-state index is 12.1. The Morgan fingerprint density at radius 2 is 2.20 bits per heavy atom. The van der Waals surface area contributed by atoms with Crippen LogP contribution in [0.4, 0.5) is 5.69 Å². The van der Waals surface area contributed by atoms with Gasteiger partial charge in [0.2, 0.25) is 11.8 Å². The molecule has 20 heavy (non-hydrogen) atoms. The summed E-state index contributed by atoms with van der Waals surface area (Å²) >= 11 is 0. The van der Waals surface area contributed by atoms with E-state index in [9.17, 15) is 9.59 Å². The van der Waals surface area contributed by atoms with Crippen LogP contribution >= 0.6 is 0 Å². The van der Waals surface area contributed by atoms with Crippen LogP contribution in [0.15, 0.2) is 18.2 Å². The Bertz CT molecular complexity index is 526. The number of ether oxygens (including phenoxy) is 1. The van der Waals surface area contributed by atoms with Crippen LogP contribution in [0.5, 0.6) is 5.75 Å². The van der Waals surface area contributed by atoms with Crippen LogP contribution in [-0.4, -0.2) is 25.0 Å². The summed E-state index contributed by atoms with van der Waals surface area (Å²) in [5.74, 6) is 0.746. The Balaban J connectivity index is 2.12. The minimum absolute atomic E-state index is 0.0766. The van der Waals surface area contributed by atoms with Gasteiger partial charge in [-0.3, -0.25) is 9.59 Å². The van der Waals surface area contributed by atoms with Gasteiger partial charge in [0.15, 0.2) is 0 Å². The molecule has 1 aromatic carbocycles. The number of methoxy groups -OCH3 is 1. The Morgan fingerprint density at radius 3 is 2.75 bits per heavy atom. The molecule has 1 fully saturated rings. The van der Waals surface area contributed by atoms with Crippen molar-refractivity contribution < 1.29 is 14.3 Å². The van der Waals surface area contributed by atoms with Crippen molar-refractivity contribution >= 4 is 17.5 Å². The molecule has 1 saturated heterocycles. The highest BCUT2D eigenvalue weighted by molar-refractivity contribution is 5.99. The lowest BCUT2D eigenvalue weighted by Gasteiger charge is -2.15. The van der Waals surface area contributed by atoms with Crippen molar-refractivity contribution in [3.05, 3.63) is 23.8 Å². The van der Waals surface area contributed by atoms with Crippen molar-refractivity contribution in [1.29, 1.82) is 0 Å². The van der Waals surface area contributed by atoms with Gasteiger partial charge < -0.3 is 15.4 Å². The van der Waals surface area contributed by atoms with E-state index in [1.165, 1.54) is 0 Å². The Morgan fingerprint density at radius 1 is 1.45 bits per heavy atom. The minimum Gasteiger partial charge on any atom is -0.495 e. The molecule has 0 saturated carbocycles. The number of carbonyl (C=O) groups excluding carboxylic acids is 2. The molecule has 0 aliphatic carbocycles. The lowest BCUT2D eigenvalue weighted by atomic mass is 10.0. The molecule has 1 unspecified atom stereocenters. The maximum Gasteiger partial charge on any atom is 0.247 e. The molecule has 1 aliphatic rings. The van der Waals surface area contributed by atoms with Gasteiger partial charge in [0.1, 0.15) is 11.8 Å². The first-order valence-electron chi connectivity index (χ1n) is 6.79. The predicted octanol–water partition coefficient (Wildman–Crippen LogP) is 2.04.